The molecule has 1 aromatic heterocycles. The summed E-state index contributed by atoms with van der Waals surface area (Å²) in [6, 6.07) is 17.9. The van der Waals surface area contributed by atoms with Gasteiger partial charge in [0, 0.05) is 31.0 Å². The third kappa shape index (κ3) is 3.04. The number of amidine groups is 1. The molecule has 1 aliphatic heterocycles. The maximum atomic E-state index is 6.60. The van der Waals surface area contributed by atoms with Crippen molar-refractivity contribution in [1.29, 1.82) is 0 Å². The quantitative estimate of drug-likeness (QED) is 0.762. The number of furan rings is 1. The average molecular weight is 362 g/mol. The molecule has 0 bridgehead atoms. The minimum atomic E-state index is -0.390. The van der Waals surface area contributed by atoms with Gasteiger partial charge in [-0.15, -0.1) is 0 Å². The molecule has 2 heterocycles. The molecule has 4 rings (SSSR count). The second kappa shape index (κ2) is 6.81. The molecule has 0 amide bonds. The fourth-order valence-electron chi connectivity index (χ4n) is 3.19. The molecule has 0 saturated heterocycles. The SMILES string of the molecule is COc1ccc(C2=Nc3occc3C(N)N2c2ccc(N(C)C)cc2)cc1. The number of aliphatic imine (C=N–C) groups is 1. The monoisotopic (exact) mass is 362 g/mol. The highest BCUT2D eigenvalue weighted by atomic mass is 16.5. The van der Waals surface area contributed by atoms with Crippen LogP contribution in [-0.4, -0.2) is 27.0 Å². The van der Waals surface area contributed by atoms with Crippen LogP contribution >= 0.6 is 0 Å². The number of nitrogens with two attached hydrogens (primary N) is 1. The van der Waals surface area contributed by atoms with E-state index in [0.717, 1.165) is 34.1 Å². The summed E-state index contributed by atoms with van der Waals surface area (Å²) in [6.45, 7) is 0. The Bertz CT molecular complexity index is 959. The zero-order valence-electron chi connectivity index (χ0n) is 15.6. The van der Waals surface area contributed by atoms with Crippen molar-refractivity contribution in [2.45, 2.75) is 6.17 Å². The molecule has 3 aromatic rings. The van der Waals surface area contributed by atoms with E-state index in [9.17, 15) is 0 Å². The summed E-state index contributed by atoms with van der Waals surface area (Å²) in [7, 11) is 5.68. The van der Waals surface area contributed by atoms with Crippen LogP contribution in [0.3, 0.4) is 0 Å². The minimum Gasteiger partial charge on any atom is -0.497 e. The van der Waals surface area contributed by atoms with Crippen LogP contribution in [0.1, 0.15) is 17.3 Å². The lowest BCUT2D eigenvalue weighted by Crippen LogP contribution is -2.41. The lowest BCUT2D eigenvalue weighted by molar-refractivity contribution is 0.415. The number of rotatable bonds is 4. The zero-order chi connectivity index (χ0) is 19.0. The Hall–Kier alpha value is -3.25. The average Bonchev–Trinajstić information content (AvgIpc) is 3.17. The highest BCUT2D eigenvalue weighted by Crippen LogP contribution is 2.38. The summed E-state index contributed by atoms with van der Waals surface area (Å²) in [6.07, 6.45) is 1.23. The summed E-state index contributed by atoms with van der Waals surface area (Å²) in [5, 5.41) is 0. The molecule has 2 N–H and O–H groups in total. The van der Waals surface area contributed by atoms with Crippen LogP contribution in [-0.2, 0) is 0 Å². The Morgan fingerprint density at radius 2 is 1.74 bits per heavy atom. The number of ether oxygens (including phenoxy) is 1. The summed E-state index contributed by atoms with van der Waals surface area (Å²) in [4.78, 5) is 8.83. The van der Waals surface area contributed by atoms with Crippen molar-refractivity contribution < 1.29 is 9.15 Å². The molecule has 27 heavy (non-hydrogen) atoms. The van der Waals surface area contributed by atoms with Gasteiger partial charge in [-0.2, -0.15) is 4.99 Å². The Morgan fingerprint density at radius 1 is 1.04 bits per heavy atom. The van der Waals surface area contributed by atoms with E-state index in [1.54, 1.807) is 13.4 Å². The van der Waals surface area contributed by atoms with Gasteiger partial charge in [0.2, 0.25) is 5.88 Å². The largest absolute Gasteiger partial charge is 0.497 e. The van der Waals surface area contributed by atoms with Crippen LogP contribution in [0, 0.1) is 0 Å². The van der Waals surface area contributed by atoms with Gasteiger partial charge in [0.1, 0.15) is 17.8 Å². The van der Waals surface area contributed by atoms with E-state index >= 15 is 0 Å². The minimum absolute atomic E-state index is 0.390. The van der Waals surface area contributed by atoms with Gasteiger partial charge in [-0.3, -0.25) is 0 Å². The van der Waals surface area contributed by atoms with E-state index < -0.39 is 6.17 Å². The fourth-order valence-corrected chi connectivity index (χ4v) is 3.19. The van der Waals surface area contributed by atoms with Crippen LogP contribution in [0.25, 0.3) is 0 Å². The number of methoxy groups -OCH3 is 1. The highest BCUT2D eigenvalue weighted by Gasteiger charge is 2.31. The Kier molecular flexibility index (Phi) is 4.33. The lowest BCUT2D eigenvalue weighted by atomic mass is 10.1. The first-order valence-corrected chi connectivity index (χ1v) is 8.71. The van der Waals surface area contributed by atoms with Crippen molar-refractivity contribution in [3.63, 3.8) is 0 Å². The molecule has 0 radical (unpaired) electrons. The Balaban J connectivity index is 1.81. The van der Waals surface area contributed by atoms with Gasteiger partial charge < -0.3 is 24.7 Å². The van der Waals surface area contributed by atoms with Crippen molar-refractivity contribution in [1.82, 2.24) is 0 Å². The Morgan fingerprint density at radius 3 is 2.37 bits per heavy atom. The van der Waals surface area contributed by atoms with Gasteiger partial charge in [0.05, 0.1) is 18.9 Å². The molecule has 0 aliphatic carbocycles. The van der Waals surface area contributed by atoms with Crippen molar-refractivity contribution in [2.75, 3.05) is 31.0 Å². The van der Waals surface area contributed by atoms with Crippen LogP contribution in [0.5, 0.6) is 5.75 Å². The smallest absolute Gasteiger partial charge is 0.227 e. The van der Waals surface area contributed by atoms with E-state index in [2.05, 4.69) is 29.2 Å². The molecule has 6 heteroatoms. The van der Waals surface area contributed by atoms with Gasteiger partial charge in [0.25, 0.3) is 0 Å². The lowest BCUT2D eigenvalue weighted by Gasteiger charge is -2.34. The van der Waals surface area contributed by atoms with Gasteiger partial charge in [-0.1, -0.05) is 0 Å². The zero-order valence-corrected chi connectivity index (χ0v) is 15.6. The van der Waals surface area contributed by atoms with E-state index in [-0.39, 0.29) is 0 Å². The first-order valence-electron chi connectivity index (χ1n) is 8.71. The first-order chi connectivity index (χ1) is 13.1. The van der Waals surface area contributed by atoms with E-state index in [1.807, 2.05) is 49.3 Å². The molecule has 0 saturated carbocycles. The summed E-state index contributed by atoms with van der Waals surface area (Å²) in [5.74, 6) is 2.08. The second-order valence-corrected chi connectivity index (χ2v) is 6.57. The molecule has 1 atom stereocenters. The molecular weight excluding hydrogens is 340 g/mol. The highest BCUT2D eigenvalue weighted by molar-refractivity contribution is 6.12. The van der Waals surface area contributed by atoms with Crippen LogP contribution in [0.2, 0.25) is 0 Å². The third-order valence-corrected chi connectivity index (χ3v) is 4.70. The molecule has 2 aromatic carbocycles. The predicted molar refractivity (Wildman–Crippen MR) is 108 cm³/mol. The van der Waals surface area contributed by atoms with E-state index in [0.29, 0.717) is 5.88 Å². The standard InChI is InChI=1S/C21H22N4O2/c1-24(2)15-6-8-16(9-7-15)25-19(22)18-12-13-27-21(18)23-20(25)14-4-10-17(26-3)11-5-14/h4-13,19H,22H2,1-3H3. The van der Waals surface area contributed by atoms with E-state index in [4.69, 9.17) is 19.9 Å². The maximum Gasteiger partial charge on any atom is 0.227 e. The van der Waals surface area contributed by atoms with Crippen LogP contribution in [0.15, 0.2) is 70.3 Å². The van der Waals surface area contributed by atoms with Gasteiger partial charge >= 0.3 is 0 Å². The van der Waals surface area contributed by atoms with Crippen LogP contribution < -0.4 is 20.3 Å². The number of nitrogens with zero attached hydrogens (tertiary/aromatic N) is 3. The molecule has 1 unspecified atom stereocenters. The summed E-state index contributed by atoms with van der Waals surface area (Å²) >= 11 is 0. The predicted octanol–water partition coefficient (Wildman–Crippen LogP) is 3.91. The Labute approximate surface area is 158 Å². The fraction of sp³-hybridized carbons (Fsp3) is 0.190. The van der Waals surface area contributed by atoms with Gasteiger partial charge in [-0.05, 0) is 54.6 Å². The van der Waals surface area contributed by atoms with Gasteiger partial charge in [-0.25, -0.2) is 0 Å². The first kappa shape index (κ1) is 17.2. The molecule has 1 aliphatic rings. The molecule has 6 nitrogen and oxygen atoms in total. The number of fused-ring (bicyclic) bond motifs is 1. The number of hydrogen-bond acceptors (Lipinski definition) is 6. The van der Waals surface area contributed by atoms with Crippen LogP contribution in [0.4, 0.5) is 17.3 Å². The number of anilines is 2. The third-order valence-electron chi connectivity index (χ3n) is 4.70. The summed E-state index contributed by atoms with van der Waals surface area (Å²) in [5.41, 5.74) is 10.5. The molecule has 0 spiro atoms. The second-order valence-electron chi connectivity index (χ2n) is 6.57. The van der Waals surface area contributed by atoms with E-state index in [1.165, 1.54) is 0 Å². The molecule has 0 fully saturated rings. The molecular formula is C21H22N4O2. The maximum absolute atomic E-state index is 6.60. The van der Waals surface area contributed by atoms with Crippen molar-refractivity contribution in [3.05, 3.63) is 72.0 Å². The van der Waals surface area contributed by atoms with Crippen molar-refractivity contribution >= 4 is 23.1 Å². The molecule has 138 valence electrons. The number of hydrogen-bond donors (Lipinski definition) is 1. The normalized spacial score (nSPS) is 15.9. The van der Waals surface area contributed by atoms with Crippen molar-refractivity contribution in [2.24, 2.45) is 10.7 Å². The number of benzene rings is 2. The van der Waals surface area contributed by atoms with Crippen molar-refractivity contribution in [3.8, 4) is 5.75 Å². The topological polar surface area (TPSA) is 67.2 Å². The van der Waals surface area contributed by atoms with Gasteiger partial charge in [0.15, 0.2) is 0 Å². The summed E-state index contributed by atoms with van der Waals surface area (Å²) < 4.78 is 10.8.